The topological polar surface area (TPSA) is 102 Å². The van der Waals surface area contributed by atoms with Gasteiger partial charge in [-0.2, -0.15) is 28.2 Å². The zero-order chi connectivity index (χ0) is 22.0. The molecule has 31 heavy (non-hydrogen) atoms. The number of imidazole rings is 1. The number of aromatic nitrogens is 3. The molecule has 2 heterocycles. The quantitative estimate of drug-likeness (QED) is 0.484. The summed E-state index contributed by atoms with van der Waals surface area (Å²) in [5.74, 6) is 0.156. The average molecular weight is 419 g/mol. The number of para-hydroxylation sites is 1. The maximum absolute atomic E-state index is 13.2. The van der Waals surface area contributed by atoms with E-state index in [9.17, 15) is 18.4 Å². The van der Waals surface area contributed by atoms with E-state index in [-0.39, 0.29) is 22.8 Å². The van der Waals surface area contributed by atoms with Crippen LogP contribution in [0.15, 0.2) is 60.8 Å². The predicted molar refractivity (Wildman–Crippen MR) is 107 cm³/mol. The molecule has 7 nitrogen and oxygen atoms in total. The van der Waals surface area contributed by atoms with Gasteiger partial charge >= 0.3 is 6.18 Å². The third kappa shape index (κ3) is 4.09. The van der Waals surface area contributed by atoms with Gasteiger partial charge in [-0.1, -0.05) is 18.2 Å². The number of rotatable bonds is 4. The van der Waals surface area contributed by atoms with E-state index in [4.69, 9.17) is 5.26 Å². The maximum Gasteiger partial charge on any atom is 0.416 e. The van der Waals surface area contributed by atoms with E-state index in [1.165, 1.54) is 16.8 Å². The summed E-state index contributed by atoms with van der Waals surface area (Å²) in [6, 6.07) is 17.4. The van der Waals surface area contributed by atoms with Gasteiger partial charge in [0.1, 0.15) is 6.07 Å². The van der Waals surface area contributed by atoms with Crippen molar-refractivity contribution < 1.29 is 13.2 Å². The molecule has 0 aliphatic carbocycles. The lowest BCUT2D eigenvalue weighted by molar-refractivity contribution is -0.137. The molecule has 2 N–H and O–H groups in total. The molecule has 0 unspecified atom stereocenters. The fourth-order valence-electron chi connectivity index (χ4n) is 2.95. The Morgan fingerprint density at radius 3 is 2.35 bits per heavy atom. The SMILES string of the molecule is N#Cc1cc(Nc2cc(Nc3ccccc3)c3ncc(C#N)n3n2)cc(C(F)(F)F)c1. The summed E-state index contributed by atoms with van der Waals surface area (Å²) in [6.45, 7) is 0. The number of nitriles is 2. The Hall–Kier alpha value is -4.57. The lowest BCUT2D eigenvalue weighted by Crippen LogP contribution is -2.07. The summed E-state index contributed by atoms with van der Waals surface area (Å²) in [4.78, 5) is 4.20. The standard InChI is InChI=1S/C21H12F3N7/c22-21(23,24)14-6-13(10-25)7-16(8-14)29-19-9-18(28-15-4-2-1-3-5-15)20-27-12-17(11-26)31(20)30-19/h1-9,12,28H,(H,29,30). The van der Waals surface area contributed by atoms with Crippen molar-refractivity contribution in [1.29, 1.82) is 10.5 Å². The van der Waals surface area contributed by atoms with E-state index in [1.807, 2.05) is 36.4 Å². The summed E-state index contributed by atoms with van der Waals surface area (Å²) in [5, 5.41) is 28.6. The Morgan fingerprint density at radius 2 is 1.68 bits per heavy atom. The van der Waals surface area contributed by atoms with Crippen LogP contribution < -0.4 is 10.6 Å². The van der Waals surface area contributed by atoms with E-state index in [2.05, 4.69) is 20.7 Å². The summed E-state index contributed by atoms with van der Waals surface area (Å²) < 4.78 is 40.8. The number of alkyl halides is 3. The van der Waals surface area contributed by atoms with Crippen molar-refractivity contribution >= 4 is 28.5 Å². The fourth-order valence-corrected chi connectivity index (χ4v) is 2.95. The van der Waals surface area contributed by atoms with Gasteiger partial charge in [-0.3, -0.25) is 0 Å². The van der Waals surface area contributed by atoms with Crippen LogP contribution in [0.25, 0.3) is 5.65 Å². The Kier molecular flexibility index (Phi) is 4.89. The molecule has 10 heteroatoms. The van der Waals surface area contributed by atoms with Gasteiger partial charge in [-0.25, -0.2) is 4.98 Å². The molecule has 0 bridgehead atoms. The van der Waals surface area contributed by atoms with Gasteiger partial charge in [0, 0.05) is 17.4 Å². The van der Waals surface area contributed by atoms with Gasteiger partial charge in [0.05, 0.1) is 29.1 Å². The number of fused-ring (bicyclic) bond motifs is 1. The van der Waals surface area contributed by atoms with Crippen LogP contribution in [0.3, 0.4) is 0 Å². The molecule has 4 rings (SSSR count). The number of nitrogens with zero attached hydrogens (tertiary/aromatic N) is 5. The lowest BCUT2D eigenvalue weighted by atomic mass is 10.1. The van der Waals surface area contributed by atoms with Gasteiger partial charge in [-0.15, -0.1) is 5.10 Å². The van der Waals surface area contributed by atoms with Gasteiger partial charge < -0.3 is 10.6 Å². The van der Waals surface area contributed by atoms with Crippen LogP contribution >= 0.6 is 0 Å². The Labute approximate surface area is 174 Å². The molecule has 2 aromatic carbocycles. The Morgan fingerprint density at radius 1 is 0.903 bits per heavy atom. The Bertz CT molecular complexity index is 1350. The third-order valence-corrected chi connectivity index (χ3v) is 4.30. The molecule has 0 fully saturated rings. The first-order valence-corrected chi connectivity index (χ1v) is 8.88. The van der Waals surface area contributed by atoms with Crippen molar-refractivity contribution in [3.8, 4) is 12.1 Å². The van der Waals surface area contributed by atoms with Gasteiger partial charge in [0.15, 0.2) is 17.2 Å². The molecule has 0 radical (unpaired) electrons. The molecule has 4 aromatic rings. The fraction of sp³-hybridized carbons (Fsp3) is 0.0476. The normalized spacial score (nSPS) is 11.0. The highest BCUT2D eigenvalue weighted by Gasteiger charge is 2.31. The van der Waals surface area contributed by atoms with Crippen LogP contribution in [-0.4, -0.2) is 14.6 Å². The molecule has 0 atom stereocenters. The minimum atomic E-state index is -4.61. The van der Waals surface area contributed by atoms with Crippen LogP contribution in [0, 0.1) is 22.7 Å². The average Bonchev–Trinajstić information content (AvgIpc) is 3.17. The minimum Gasteiger partial charge on any atom is -0.352 e. The monoisotopic (exact) mass is 419 g/mol. The van der Waals surface area contributed by atoms with Gasteiger partial charge in [-0.05, 0) is 30.3 Å². The van der Waals surface area contributed by atoms with Crippen molar-refractivity contribution in [2.24, 2.45) is 0 Å². The van der Waals surface area contributed by atoms with Crippen LogP contribution in [0.1, 0.15) is 16.8 Å². The third-order valence-electron chi connectivity index (χ3n) is 4.30. The molecule has 0 saturated carbocycles. The molecule has 152 valence electrons. The largest absolute Gasteiger partial charge is 0.416 e. The molecule has 0 aliphatic heterocycles. The highest BCUT2D eigenvalue weighted by Crippen LogP contribution is 2.33. The second-order valence-electron chi connectivity index (χ2n) is 6.46. The van der Waals surface area contributed by atoms with Crippen LogP contribution in [0.4, 0.5) is 36.1 Å². The molecule has 0 aliphatic rings. The van der Waals surface area contributed by atoms with Crippen molar-refractivity contribution in [3.63, 3.8) is 0 Å². The number of halogens is 3. The van der Waals surface area contributed by atoms with Gasteiger partial charge in [0.2, 0.25) is 0 Å². The maximum atomic E-state index is 13.2. The Balaban J connectivity index is 1.80. The van der Waals surface area contributed by atoms with E-state index >= 15 is 0 Å². The van der Waals surface area contributed by atoms with Crippen LogP contribution in [0.5, 0.6) is 0 Å². The molecule has 2 aromatic heterocycles. The molecular weight excluding hydrogens is 407 g/mol. The number of benzene rings is 2. The minimum absolute atomic E-state index is 0.0301. The van der Waals surface area contributed by atoms with E-state index in [0.29, 0.717) is 11.3 Å². The van der Waals surface area contributed by atoms with Gasteiger partial charge in [0.25, 0.3) is 0 Å². The molecular formula is C21H12F3N7. The summed E-state index contributed by atoms with van der Waals surface area (Å²) in [5.41, 5.74) is 0.665. The second kappa shape index (κ2) is 7.69. The highest BCUT2D eigenvalue weighted by molar-refractivity contribution is 5.77. The number of hydrogen-bond acceptors (Lipinski definition) is 6. The molecule has 0 amide bonds. The van der Waals surface area contributed by atoms with Crippen molar-refractivity contribution in [2.45, 2.75) is 6.18 Å². The number of hydrogen-bond donors (Lipinski definition) is 2. The molecule has 0 spiro atoms. The zero-order valence-electron chi connectivity index (χ0n) is 15.6. The molecule has 0 saturated heterocycles. The number of nitrogens with one attached hydrogen (secondary N) is 2. The van der Waals surface area contributed by atoms with Crippen molar-refractivity contribution in [1.82, 2.24) is 14.6 Å². The second-order valence-corrected chi connectivity index (χ2v) is 6.46. The van der Waals surface area contributed by atoms with Crippen LogP contribution in [-0.2, 0) is 6.18 Å². The summed E-state index contributed by atoms with van der Waals surface area (Å²) in [6.07, 6.45) is -3.26. The van der Waals surface area contributed by atoms with E-state index in [0.717, 1.165) is 17.8 Å². The van der Waals surface area contributed by atoms with Crippen molar-refractivity contribution in [2.75, 3.05) is 10.6 Å². The van der Waals surface area contributed by atoms with E-state index < -0.39 is 11.7 Å². The van der Waals surface area contributed by atoms with Crippen LogP contribution in [0.2, 0.25) is 0 Å². The smallest absolute Gasteiger partial charge is 0.352 e. The first-order valence-electron chi connectivity index (χ1n) is 8.88. The first-order chi connectivity index (χ1) is 14.9. The summed E-state index contributed by atoms with van der Waals surface area (Å²) >= 11 is 0. The first kappa shape index (κ1) is 19.7. The highest BCUT2D eigenvalue weighted by atomic mass is 19.4. The van der Waals surface area contributed by atoms with E-state index in [1.54, 1.807) is 12.1 Å². The zero-order valence-corrected chi connectivity index (χ0v) is 15.6. The predicted octanol–water partition coefficient (Wildman–Crippen LogP) is 4.98. The number of anilines is 4. The lowest BCUT2D eigenvalue weighted by Gasteiger charge is -2.13. The van der Waals surface area contributed by atoms with Crippen molar-refractivity contribution in [3.05, 3.63) is 77.6 Å². The summed E-state index contributed by atoms with van der Waals surface area (Å²) in [7, 11) is 0.